The summed E-state index contributed by atoms with van der Waals surface area (Å²) in [5, 5.41) is 3.12. The van der Waals surface area contributed by atoms with E-state index >= 15 is 0 Å². The Hall–Kier alpha value is -3.03. The van der Waals surface area contributed by atoms with Crippen molar-refractivity contribution in [2.75, 3.05) is 23.9 Å². The number of halogens is 2. The number of esters is 1. The van der Waals surface area contributed by atoms with Crippen LogP contribution < -0.4 is 15.0 Å². The fourth-order valence-electron chi connectivity index (χ4n) is 2.87. The number of methoxy groups -OCH3 is 1. The maximum absolute atomic E-state index is 12.9. The molecule has 1 N–H and O–H groups in total. The highest BCUT2D eigenvalue weighted by atomic mass is 35.5. The van der Waals surface area contributed by atoms with Gasteiger partial charge in [-0.1, -0.05) is 23.2 Å². The molecule has 0 radical (unpaired) electrons. The van der Waals surface area contributed by atoms with Gasteiger partial charge in [-0.15, -0.1) is 0 Å². The molecule has 2 aromatic carbocycles. The number of hydrogen-bond donors (Lipinski definition) is 1. The monoisotopic (exact) mass is 448 g/mol. The number of aryl methyl sites for hydroxylation is 1. The number of rotatable bonds is 6. The summed E-state index contributed by atoms with van der Waals surface area (Å²) in [4.78, 5) is 38.3. The smallest absolute Gasteiger partial charge is 0.338 e. The molecule has 0 bridgehead atoms. The van der Waals surface area contributed by atoms with E-state index in [-0.39, 0.29) is 23.0 Å². The summed E-state index contributed by atoms with van der Waals surface area (Å²) >= 11 is 12.3. The zero-order valence-electron chi connectivity index (χ0n) is 16.4. The Morgan fingerprint density at radius 2 is 1.77 bits per heavy atom. The van der Waals surface area contributed by atoms with Crippen molar-refractivity contribution in [2.45, 2.75) is 13.8 Å². The highest BCUT2D eigenvalue weighted by Crippen LogP contribution is 2.35. The van der Waals surface area contributed by atoms with Crippen molar-refractivity contribution >= 4 is 52.4 Å². The molecule has 0 saturated carbocycles. The molecule has 2 amide bonds. The van der Waals surface area contributed by atoms with Crippen LogP contribution in [0.5, 0.6) is 5.75 Å². The first kappa shape index (κ1) is 21.7. The van der Waals surface area contributed by atoms with Gasteiger partial charge in [0.25, 0.3) is 11.8 Å². The number of nitrogens with zero attached hydrogens (tertiary/aromatic N) is 1. The molecule has 30 heavy (non-hydrogen) atoms. The molecule has 7 nitrogen and oxygen atoms in total. The van der Waals surface area contributed by atoms with Gasteiger partial charge in [0, 0.05) is 11.1 Å². The Morgan fingerprint density at radius 1 is 1.10 bits per heavy atom. The standard InChI is InChI=1S/C21H18Cl2N2O5/c1-4-30-21(28)12-5-7-13(8-6-12)25-19(26)17(23)18(20(25)27)24-15-9-11(2)14(22)10-16(15)29-3/h5-10,24H,4H2,1-3H3. The normalized spacial score (nSPS) is 13.7. The van der Waals surface area contributed by atoms with Gasteiger partial charge in [0.1, 0.15) is 16.5 Å². The van der Waals surface area contributed by atoms with Crippen molar-refractivity contribution in [3.63, 3.8) is 0 Å². The zero-order chi connectivity index (χ0) is 22.0. The van der Waals surface area contributed by atoms with Crippen LogP contribution in [0.2, 0.25) is 5.02 Å². The third-order valence-electron chi connectivity index (χ3n) is 4.40. The summed E-state index contributed by atoms with van der Waals surface area (Å²) in [6.45, 7) is 3.74. The number of ether oxygens (including phenoxy) is 2. The van der Waals surface area contributed by atoms with Crippen LogP contribution in [0.1, 0.15) is 22.8 Å². The fourth-order valence-corrected chi connectivity index (χ4v) is 3.24. The summed E-state index contributed by atoms with van der Waals surface area (Å²) in [5.74, 6) is -1.42. The van der Waals surface area contributed by atoms with E-state index in [2.05, 4.69) is 5.32 Å². The zero-order valence-corrected chi connectivity index (χ0v) is 17.9. The molecule has 3 rings (SSSR count). The van der Waals surface area contributed by atoms with Crippen LogP contribution in [-0.2, 0) is 14.3 Å². The summed E-state index contributed by atoms with van der Waals surface area (Å²) in [6, 6.07) is 9.18. The summed E-state index contributed by atoms with van der Waals surface area (Å²) in [5.41, 5.74) is 1.68. The van der Waals surface area contributed by atoms with Crippen molar-refractivity contribution in [1.82, 2.24) is 0 Å². The number of amides is 2. The van der Waals surface area contributed by atoms with Crippen molar-refractivity contribution in [3.8, 4) is 5.75 Å². The molecule has 156 valence electrons. The minimum absolute atomic E-state index is 0.0869. The van der Waals surface area contributed by atoms with E-state index in [1.165, 1.54) is 31.4 Å². The number of nitrogens with one attached hydrogen (secondary N) is 1. The van der Waals surface area contributed by atoms with E-state index in [9.17, 15) is 14.4 Å². The molecule has 0 saturated heterocycles. The maximum atomic E-state index is 12.9. The molecule has 0 atom stereocenters. The molecule has 1 aliphatic heterocycles. The molecular weight excluding hydrogens is 431 g/mol. The fraction of sp³-hybridized carbons (Fsp3) is 0.190. The maximum Gasteiger partial charge on any atom is 0.338 e. The average molecular weight is 449 g/mol. The first-order valence-electron chi connectivity index (χ1n) is 8.95. The lowest BCUT2D eigenvalue weighted by atomic mass is 10.2. The van der Waals surface area contributed by atoms with Crippen LogP contribution in [0, 0.1) is 6.92 Å². The van der Waals surface area contributed by atoms with Gasteiger partial charge < -0.3 is 14.8 Å². The first-order chi connectivity index (χ1) is 14.3. The van der Waals surface area contributed by atoms with Crippen LogP contribution >= 0.6 is 23.2 Å². The van der Waals surface area contributed by atoms with Crippen molar-refractivity contribution in [2.24, 2.45) is 0 Å². The highest BCUT2D eigenvalue weighted by Gasteiger charge is 2.39. The predicted molar refractivity (Wildman–Crippen MR) is 114 cm³/mol. The minimum Gasteiger partial charge on any atom is -0.495 e. The van der Waals surface area contributed by atoms with Gasteiger partial charge in [-0.2, -0.15) is 0 Å². The quantitative estimate of drug-likeness (QED) is 0.524. The predicted octanol–water partition coefficient (Wildman–Crippen LogP) is 4.27. The number of benzene rings is 2. The summed E-state index contributed by atoms with van der Waals surface area (Å²) < 4.78 is 10.2. The van der Waals surface area contributed by atoms with E-state index in [0.717, 1.165) is 10.5 Å². The van der Waals surface area contributed by atoms with Gasteiger partial charge in [0.2, 0.25) is 0 Å². The molecule has 0 aliphatic carbocycles. The molecule has 2 aromatic rings. The van der Waals surface area contributed by atoms with Gasteiger partial charge in [-0.3, -0.25) is 9.59 Å². The number of carbonyl (C=O) groups excluding carboxylic acids is 3. The Balaban J connectivity index is 1.89. The number of anilines is 2. The van der Waals surface area contributed by atoms with Crippen LogP contribution in [0.3, 0.4) is 0 Å². The van der Waals surface area contributed by atoms with E-state index < -0.39 is 17.8 Å². The van der Waals surface area contributed by atoms with Gasteiger partial charge in [0.15, 0.2) is 0 Å². The molecular formula is C21H18Cl2N2O5. The molecule has 1 aliphatic rings. The molecule has 0 unspecified atom stereocenters. The Morgan fingerprint density at radius 3 is 2.37 bits per heavy atom. The minimum atomic E-state index is -0.683. The summed E-state index contributed by atoms with van der Waals surface area (Å²) in [7, 11) is 1.46. The second-order valence-electron chi connectivity index (χ2n) is 6.33. The SMILES string of the molecule is CCOC(=O)c1ccc(N2C(=O)C(Cl)=C(Nc3cc(C)c(Cl)cc3OC)C2=O)cc1. The lowest BCUT2D eigenvalue weighted by molar-refractivity contribution is -0.120. The van der Waals surface area contributed by atoms with Crippen LogP contribution in [0.15, 0.2) is 47.1 Å². The number of hydrogen-bond acceptors (Lipinski definition) is 6. The van der Waals surface area contributed by atoms with Crippen molar-refractivity contribution < 1.29 is 23.9 Å². The lowest BCUT2D eigenvalue weighted by Crippen LogP contribution is -2.32. The molecule has 0 aromatic heterocycles. The third kappa shape index (κ3) is 3.99. The topological polar surface area (TPSA) is 84.9 Å². The van der Waals surface area contributed by atoms with E-state index in [0.29, 0.717) is 22.0 Å². The van der Waals surface area contributed by atoms with Crippen LogP contribution in [0.25, 0.3) is 0 Å². The van der Waals surface area contributed by atoms with Gasteiger partial charge in [-0.25, -0.2) is 9.69 Å². The number of carbonyl (C=O) groups is 3. The second-order valence-corrected chi connectivity index (χ2v) is 7.11. The van der Waals surface area contributed by atoms with Gasteiger partial charge in [-0.05, 0) is 49.7 Å². The lowest BCUT2D eigenvalue weighted by Gasteiger charge is -2.16. The van der Waals surface area contributed by atoms with Crippen LogP contribution in [-0.4, -0.2) is 31.5 Å². The Bertz CT molecular complexity index is 1060. The van der Waals surface area contributed by atoms with Gasteiger partial charge >= 0.3 is 5.97 Å². The number of imide groups is 1. The Kier molecular flexibility index (Phi) is 6.34. The molecule has 0 spiro atoms. The van der Waals surface area contributed by atoms with E-state index in [1.807, 2.05) is 0 Å². The second kappa shape index (κ2) is 8.77. The van der Waals surface area contributed by atoms with Gasteiger partial charge in [0.05, 0.1) is 30.7 Å². The highest BCUT2D eigenvalue weighted by molar-refractivity contribution is 6.53. The third-order valence-corrected chi connectivity index (χ3v) is 5.16. The summed E-state index contributed by atoms with van der Waals surface area (Å²) in [6.07, 6.45) is 0. The largest absolute Gasteiger partial charge is 0.495 e. The first-order valence-corrected chi connectivity index (χ1v) is 9.71. The average Bonchev–Trinajstić information content (AvgIpc) is 2.94. The molecule has 0 fully saturated rings. The molecule has 9 heteroatoms. The van der Waals surface area contributed by atoms with Crippen molar-refractivity contribution in [1.29, 1.82) is 0 Å². The molecule has 1 heterocycles. The van der Waals surface area contributed by atoms with E-state index in [4.69, 9.17) is 32.7 Å². The van der Waals surface area contributed by atoms with E-state index in [1.54, 1.807) is 26.0 Å². The Labute approximate surface area is 183 Å². The van der Waals surface area contributed by atoms with Crippen LogP contribution in [0.4, 0.5) is 11.4 Å². The van der Waals surface area contributed by atoms with Crippen molar-refractivity contribution in [3.05, 3.63) is 63.3 Å².